The largest absolute Gasteiger partial charge is 0.493 e. The first-order valence-corrected chi connectivity index (χ1v) is 13.7. The molecule has 4 aromatic carbocycles. The van der Waals surface area contributed by atoms with Crippen LogP contribution in [0.4, 0.5) is 10.1 Å². The molecule has 7 rings (SSSR count). The summed E-state index contributed by atoms with van der Waals surface area (Å²) in [5, 5.41) is 0. The van der Waals surface area contributed by atoms with Crippen LogP contribution in [0.5, 0.6) is 11.5 Å². The summed E-state index contributed by atoms with van der Waals surface area (Å²) in [5.74, 6) is -1.72. The first-order valence-electron chi connectivity index (χ1n) is 13.7. The molecule has 0 saturated carbocycles. The first kappa shape index (κ1) is 25.9. The third kappa shape index (κ3) is 3.33. The Morgan fingerprint density at radius 1 is 0.810 bits per heavy atom. The second-order valence-electron chi connectivity index (χ2n) is 10.7. The maximum Gasteiger partial charge on any atom is 0.185 e. The lowest BCUT2D eigenvalue weighted by atomic mass is 9.64. The molecule has 1 spiro atoms. The number of benzene rings is 4. The maximum atomic E-state index is 14.8. The van der Waals surface area contributed by atoms with E-state index in [2.05, 4.69) is 0 Å². The van der Waals surface area contributed by atoms with E-state index in [1.54, 1.807) is 42.5 Å². The highest BCUT2D eigenvalue weighted by Crippen LogP contribution is 2.62. The maximum absolute atomic E-state index is 14.8. The normalized spacial score (nSPS) is 21.2. The summed E-state index contributed by atoms with van der Waals surface area (Å²) in [6.07, 6.45) is 3.77. The molecule has 7 heteroatoms. The Morgan fingerprint density at radius 3 is 2.14 bits per heavy atom. The van der Waals surface area contributed by atoms with E-state index in [4.69, 9.17) is 9.47 Å². The van der Waals surface area contributed by atoms with Gasteiger partial charge < -0.3 is 14.4 Å². The highest BCUT2D eigenvalue weighted by molar-refractivity contribution is 6.32. The Balaban J connectivity index is 1.58. The number of nitrogens with zero attached hydrogens (tertiary/aromatic N) is 1. The van der Waals surface area contributed by atoms with Gasteiger partial charge in [0.1, 0.15) is 17.3 Å². The predicted octanol–water partition coefficient (Wildman–Crippen LogP) is 6.16. The number of carbonyl (C=O) groups excluding carboxylic acids is 3. The smallest absolute Gasteiger partial charge is 0.185 e. The van der Waals surface area contributed by atoms with Crippen LogP contribution < -0.4 is 14.4 Å². The number of para-hydroxylation sites is 2. The van der Waals surface area contributed by atoms with Crippen LogP contribution in [0.2, 0.25) is 0 Å². The second-order valence-corrected chi connectivity index (χ2v) is 10.7. The van der Waals surface area contributed by atoms with Gasteiger partial charge in [0.05, 0.1) is 20.3 Å². The van der Waals surface area contributed by atoms with Crippen LogP contribution in [0.25, 0.3) is 6.08 Å². The number of ether oxygens (including phenoxy) is 2. The molecular weight excluding hydrogens is 533 g/mol. The Bertz CT molecular complexity index is 1780. The van der Waals surface area contributed by atoms with Crippen LogP contribution in [0.1, 0.15) is 48.1 Å². The van der Waals surface area contributed by atoms with Crippen molar-refractivity contribution in [2.45, 2.75) is 18.0 Å². The van der Waals surface area contributed by atoms with Crippen molar-refractivity contribution in [2.24, 2.45) is 5.41 Å². The van der Waals surface area contributed by atoms with Gasteiger partial charge in [0.25, 0.3) is 0 Å². The summed E-state index contributed by atoms with van der Waals surface area (Å²) < 4.78 is 25.4. The number of hydrogen-bond acceptors (Lipinski definition) is 6. The van der Waals surface area contributed by atoms with Gasteiger partial charge in [0, 0.05) is 33.9 Å². The number of anilines is 1. The number of rotatable bonds is 5. The number of fused-ring (bicyclic) bond motifs is 5. The molecule has 0 N–H and O–H groups in total. The standard InChI is InChI=1S/C35H26FNO5/c1-41-27-13-7-11-25(32(27)42-2)29-30(31(38)21-14-17-22(36)18-15-21)37-26-12-6-3-8-20(26)16-19-28(37)35(29)33(39)23-9-4-5-10-24(23)34(35)40/h3-19,28-30H,1-2H3/t28-,29+,30-/m1/s1. The minimum Gasteiger partial charge on any atom is -0.493 e. The molecule has 1 saturated heterocycles. The van der Waals surface area contributed by atoms with E-state index in [9.17, 15) is 18.8 Å². The highest BCUT2D eigenvalue weighted by atomic mass is 19.1. The fourth-order valence-corrected chi connectivity index (χ4v) is 7.20. The molecule has 1 aliphatic carbocycles. The van der Waals surface area contributed by atoms with Crippen molar-refractivity contribution in [3.63, 3.8) is 0 Å². The quantitative estimate of drug-likeness (QED) is 0.216. The van der Waals surface area contributed by atoms with E-state index in [-0.39, 0.29) is 22.9 Å². The number of methoxy groups -OCH3 is 2. The lowest BCUT2D eigenvalue weighted by Crippen LogP contribution is -2.48. The monoisotopic (exact) mass is 559 g/mol. The molecule has 0 amide bonds. The minimum absolute atomic E-state index is 0.270. The van der Waals surface area contributed by atoms with Crippen LogP contribution in [-0.4, -0.2) is 43.7 Å². The fourth-order valence-electron chi connectivity index (χ4n) is 7.20. The van der Waals surface area contributed by atoms with Crippen molar-refractivity contribution < 1.29 is 28.2 Å². The van der Waals surface area contributed by atoms with Crippen LogP contribution in [0.3, 0.4) is 0 Å². The minimum atomic E-state index is -1.69. The molecule has 208 valence electrons. The summed E-state index contributed by atoms with van der Waals surface area (Å²) in [6.45, 7) is 0. The molecule has 3 aliphatic rings. The topological polar surface area (TPSA) is 72.9 Å². The van der Waals surface area contributed by atoms with Crippen molar-refractivity contribution in [1.82, 2.24) is 0 Å². The molecule has 2 aliphatic heterocycles. The third-order valence-corrected chi connectivity index (χ3v) is 8.88. The number of halogens is 1. The van der Waals surface area contributed by atoms with E-state index < -0.39 is 29.2 Å². The van der Waals surface area contributed by atoms with E-state index in [1.165, 1.54) is 38.5 Å². The van der Waals surface area contributed by atoms with E-state index in [0.717, 1.165) is 11.3 Å². The van der Waals surface area contributed by atoms with Crippen molar-refractivity contribution >= 4 is 29.1 Å². The molecule has 4 aromatic rings. The Morgan fingerprint density at radius 2 is 1.48 bits per heavy atom. The molecule has 0 unspecified atom stereocenters. The fraction of sp³-hybridized carbons (Fsp3) is 0.171. The molecule has 0 aromatic heterocycles. The van der Waals surface area contributed by atoms with E-state index in [0.29, 0.717) is 28.2 Å². The van der Waals surface area contributed by atoms with Crippen molar-refractivity contribution in [3.8, 4) is 11.5 Å². The van der Waals surface area contributed by atoms with Gasteiger partial charge in [0.2, 0.25) is 0 Å². The van der Waals surface area contributed by atoms with Crippen molar-refractivity contribution in [3.05, 3.63) is 131 Å². The summed E-state index contributed by atoms with van der Waals surface area (Å²) in [5.41, 5.74) is 1.33. The van der Waals surface area contributed by atoms with Gasteiger partial charge >= 0.3 is 0 Å². The third-order valence-electron chi connectivity index (χ3n) is 8.88. The molecule has 2 heterocycles. The zero-order valence-corrected chi connectivity index (χ0v) is 22.9. The zero-order valence-electron chi connectivity index (χ0n) is 22.9. The van der Waals surface area contributed by atoms with Crippen LogP contribution >= 0.6 is 0 Å². The predicted molar refractivity (Wildman–Crippen MR) is 156 cm³/mol. The van der Waals surface area contributed by atoms with Crippen molar-refractivity contribution in [1.29, 1.82) is 0 Å². The lowest BCUT2D eigenvalue weighted by Gasteiger charge is -2.37. The molecule has 6 nitrogen and oxygen atoms in total. The molecule has 42 heavy (non-hydrogen) atoms. The zero-order chi connectivity index (χ0) is 29.2. The summed E-state index contributed by atoms with van der Waals surface area (Å²) in [4.78, 5) is 46.2. The van der Waals surface area contributed by atoms with Gasteiger partial charge in [-0.05, 0) is 42.0 Å². The van der Waals surface area contributed by atoms with Crippen molar-refractivity contribution in [2.75, 3.05) is 19.1 Å². The molecular formula is C35H26FNO5. The SMILES string of the molecule is COc1cccc([C@H]2[C@H](C(=O)c3ccc(F)cc3)N3c4ccccc4C=C[C@@H]3C23C(=O)c2ccccc2C3=O)c1OC. The molecule has 3 atom stereocenters. The lowest BCUT2D eigenvalue weighted by molar-refractivity contribution is 0.0664. The Kier molecular flexibility index (Phi) is 5.87. The van der Waals surface area contributed by atoms with Crippen LogP contribution in [0.15, 0.2) is 97.1 Å². The van der Waals surface area contributed by atoms with Gasteiger partial charge in [-0.1, -0.05) is 66.7 Å². The molecule has 0 radical (unpaired) electrons. The van der Waals surface area contributed by atoms with Crippen LogP contribution in [0, 0.1) is 11.2 Å². The van der Waals surface area contributed by atoms with Gasteiger partial charge in [-0.15, -0.1) is 0 Å². The van der Waals surface area contributed by atoms with Gasteiger partial charge in [-0.25, -0.2) is 4.39 Å². The van der Waals surface area contributed by atoms with Gasteiger partial charge in [0.15, 0.2) is 28.8 Å². The number of Topliss-reactive ketones (excluding diaryl/α,β-unsaturated/α-hetero) is 3. The van der Waals surface area contributed by atoms with Crippen LogP contribution in [-0.2, 0) is 0 Å². The molecule has 0 bridgehead atoms. The highest BCUT2D eigenvalue weighted by Gasteiger charge is 2.72. The van der Waals surface area contributed by atoms with Gasteiger partial charge in [-0.3, -0.25) is 14.4 Å². The summed E-state index contributed by atoms with van der Waals surface area (Å²) in [7, 11) is 3.01. The average molecular weight is 560 g/mol. The Labute approximate surface area is 242 Å². The average Bonchev–Trinajstić information content (AvgIpc) is 3.46. The number of hydrogen-bond donors (Lipinski definition) is 0. The first-order chi connectivity index (χ1) is 20.4. The summed E-state index contributed by atoms with van der Waals surface area (Å²) in [6, 6.07) is 23.3. The molecule has 1 fully saturated rings. The number of ketones is 3. The van der Waals surface area contributed by atoms with E-state index in [1.807, 2.05) is 41.3 Å². The summed E-state index contributed by atoms with van der Waals surface area (Å²) >= 11 is 0. The Hall–Kier alpha value is -5.04. The second kappa shape index (κ2) is 9.52. The van der Waals surface area contributed by atoms with Gasteiger partial charge in [-0.2, -0.15) is 0 Å². The van der Waals surface area contributed by atoms with E-state index >= 15 is 0 Å². The number of carbonyl (C=O) groups is 3.